The third-order valence-electron chi connectivity index (χ3n) is 4.68. The number of methoxy groups -OCH3 is 2. The molecule has 0 saturated carbocycles. The molecule has 1 heterocycles. The Morgan fingerprint density at radius 1 is 1.00 bits per heavy atom. The van der Waals surface area contributed by atoms with Gasteiger partial charge in [-0.05, 0) is 37.3 Å². The lowest BCUT2D eigenvalue weighted by Gasteiger charge is -2.17. The average Bonchev–Trinajstić information content (AvgIpc) is 3.24. The van der Waals surface area contributed by atoms with Gasteiger partial charge in [0.25, 0.3) is 5.91 Å². The van der Waals surface area contributed by atoms with E-state index in [9.17, 15) is 9.59 Å². The summed E-state index contributed by atoms with van der Waals surface area (Å²) in [5, 5.41) is 4.61. The van der Waals surface area contributed by atoms with Crippen LogP contribution in [0.4, 0.5) is 0 Å². The van der Waals surface area contributed by atoms with E-state index in [1.54, 1.807) is 50.3 Å². The van der Waals surface area contributed by atoms with Gasteiger partial charge in [0.15, 0.2) is 17.6 Å². The highest BCUT2D eigenvalue weighted by molar-refractivity contribution is 5.97. The van der Waals surface area contributed by atoms with E-state index in [2.05, 4.69) is 5.10 Å². The Morgan fingerprint density at radius 2 is 1.68 bits per heavy atom. The molecule has 2 aromatic carbocycles. The second kappa shape index (κ2) is 9.34. The van der Waals surface area contributed by atoms with Crippen LogP contribution in [-0.2, 0) is 9.53 Å². The number of ether oxygens (including phenoxy) is 3. The molecule has 1 aromatic heterocycles. The Hall–Kier alpha value is -3.81. The second-order valence-corrected chi connectivity index (χ2v) is 7.02. The first kappa shape index (κ1) is 21.9. The van der Waals surface area contributed by atoms with Crippen LogP contribution in [0.3, 0.4) is 0 Å². The molecule has 1 amide bonds. The normalized spacial score (nSPS) is 11.5. The zero-order valence-electron chi connectivity index (χ0n) is 18.2. The van der Waals surface area contributed by atoms with Crippen molar-refractivity contribution in [1.29, 1.82) is 0 Å². The Morgan fingerprint density at radius 3 is 2.29 bits per heavy atom. The number of esters is 1. The summed E-state index contributed by atoms with van der Waals surface area (Å²) in [6, 6.07) is 14.7. The largest absolute Gasteiger partial charge is 0.493 e. The molecule has 0 aliphatic rings. The lowest BCUT2D eigenvalue weighted by atomic mass is 10.1. The molecule has 0 radical (unpaired) electrons. The SMILES string of the molecule is COc1ccc(-c2nn(-c3ccccc3)cc2C(=O)O[C@H](C)C(=O)N(C)C)cc1OC. The zero-order chi connectivity index (χ0) is 22.5. The lowest BCUT2D eigenvalue weighted by molar-refractivity contribution is -0.137. The smallest absolute Gasteiger partial charge is 0.342 e. The maximum Gasteiger partial charge on any atom is 0.342 e. The van der Waals surface area contributed by atoms with Crippen molar-refractivity contribution < 1.29 is 23.8 Å². The van der Waals surface area contributed by atoms with Crippen LogP contribution in [-0.4, -0.2) is 61.0 Å². The molecule has 0 bridgehead atoms. The predicted octanol–water partition coefficient (Wildman–Crippen LogP) is 3.19. The lowest BCUT2D eigenvalue weighted by Crippen LogP contribution is -2.34. The molecule has 31 heavy (non-hydrogen) atoms. The number of hydrogen-bond acceptors (Lipinski definition) is 6. The van der Waals surface area contributed by atoms with Crippen LogP contribution in [0.1, 0.15) is 17.3 Å². The highest BCUT2D eigenvalue weighted by atomic mass is 16.5. The summed E-state index contributed by atoms with van der Waals surface area (Å²) in [5.74, 6) is 0.110. The molecule has 3 rings (SSSR count). The van der Waals surface area contributed by atoms with Gasteiger partial charge in [-0.3, -0.25) is 4.79 Å². The summed E-state index contributed by atoms with van der Waals surface area (Å²) in [6.45, 7) is 1.54. The summed E-state index contributed by atoms with van der Waals surface area (Å²) in [5.41, 5.74) is 2.06. The number of carbonyl (C=O) groups is 2. The van der Waals surface area contributed by atoms with E-state index in [0.29, 0.717) is 22.8 Å². The van der Waals surface area contributed by atoms with Crippen molar-refractivity contribution in [2.24, 2.45) is 0 Å². The summed E-state index contributed by atoms with van der Waals surface area (Å²) < 4.78 is 17.7. The van der Waals surface area contributed by atoms with Crippen LogP contribution >= 0.6 is 0 Å². The van der Waals surface area contributed by atoms with Crippen molar-refractivity contribution in [2.75, 3.05) is 28.3 Å². The van der Waals surface area contributed by atoms with Gasteiger partial charge in [0.05, 0.1) is 19.9 Å². The van der Waals surface area contributed by atoms with Gasteiger partial charge in [0.1, 0.15) is 11.3 Å². The van der Waals surface area contributed by atoms with Crippen LogP contribution in [0, 0.1) is 0 Å². The van der Waals surface area contributed by atoms with Crippen molar-refractivity contribution in [3.63, 3.8) is 0 Å². The number of nitrogens with zero attached hydrogens (tertiary/aromatic N) is 3. The third kappa shape index (κ3) is 4.69. The highest BCUT2D eigenvalue weighted by Crippen LogP contribution is 2.33. The first-order valence-electron chi connectivity index (χ1n) is 9.65. The molecule has 3 aromatic rings. The molecule has 0 fully saturated rings. The second-order valence-electron chi connectivity index (χ2n) is 7.02. The van der Waals surface area contributed by atoms with Gasteiger partial charge in [-0.25, -0.2) is 9.48 Å². The molecule has 0 saturated heterocycles. The molecule has 8 nitrogen and oxygen atoms in total. The van der Waals surface area contributed by atoms with Crippen LogP contribution in [0.5, 0.6) is 11.5 Å². The minimum absolute atomic E-state index is 0.231. The first-order chi connectivity index (χ1) is 14.8. The third-order valence-corrected chi connectivity index (χ3v) is 4.68. The Kier molecular flexibility index (Phi) is 6.59. The molecular formula is C23H25N3O5. The Balaban J connectivity index is 2.06. The molecular weight excluding hydrogens is 398 g/mol. The van der Waals surface area contributed by atoms with Gasteiger partial charge in [-0.2, -0.15) is 5.10 Å². The molecule has 162 valence electrons. The molecule has 0 unspecified atom stereocenters. The van der Waals surface area contributed by atoms with Gasteiger partial charge in [0, 0.05) is 25.9 Å². The maximum absolute atomic E-state index is 13.0. The standard InChI is InChI=1S/C23H25N3O5/c1-15(22(27)25(2)3)31-23(28)18-14-26(17-9-7-6-8-10-17)24-21(18)16-11-12-19(29-4)20(13-16)30-5/h6-15H,1-5H3/t15-/m1/s1. The van der Waals surface area contributed by atoms with Gasteiger partial charge >= 0.3 is 5.97 Å². The number of rotatable bonds is 7. The Bertz CT molecular complexity index is 1080. The van der Waals surface area contributed by atoms with Gasteiger partial charge < -0.3 is 19.1 Å². The fourth-order valence-corrected chi connectivity index (χ4v) is 3.07. The number of para-hydroxylation sites is 1. The average molecular weight is 423 g/mol. The minimum Gasteiger partial charge on any atom is -0.493 e. The molecule has 0 spiro atoms. The van der Waals surface area contributed by atoms with Crippen LogP contribution in [0.25, 0.3) is 16.9 Å². The number of amides is 1. The van der Waals surface area contributed by atoms with E-state index in [1.165, 1.54) is 18.9 Å². The highest BCUT2D eigenvalue weighted by Gasteiger charge is 2.25. The van der Waals surface area contributed by atoms with Crippen LogP contribution in [0.15, 0.2) is 54.7 Å². The maximum atomic E-state index is 13.0. The van der Waals surface area contributed by atoms with Gasteiger partial charge in [0.2, 0.25) is 0 Å². The number of aromatic nitrogens is 2. The van der Waals surface area contributed by atoms with Crippen molar-refractivity contribution in [1.82, 2.24) is 14.7 Å². The summed E-state index contributed by atoms with van der Waals surface area (Å²) >= 11 is 0. The number of benzene rings is 2. The van der Waals surface area contributed by atoms with E-state index in [4.69, 9.17) is 14.2 Å². The van der Waals surface area contributed by atoms with E-state index in [1.807, 2.05) is 30.3 Å². The van der Waals surface area contributed by atoms with Gasteiger partial charge in [-0.1, -0.05) is 18.2 Å². The van der Waals surface area contributed by atoms with Gasteiger partial charge in [-0.15, -0.1) is 0 Å². The van der Waals surface area contributed by atoms with Crippen LogP contribution in [0.2, 0.25) is 0 Å². The van der Waals surface area contributed by atoms with E-state index >= 15 is 0 Å². The molecule has 8 heteroatoms. The van der Waals surface area contributed by atoms with E-state index < -0.39 is 12.1 Å². The monoisotopic (exact) mass is 423 g/mol. The predicted molar refractivity (Wildman–Crippen MR) is 116 cm³/mol. The van der Waals surface area contributed by atoms with E-state index in [-0.39, 0.29) is 11.5 Å². The zero-order valence-corrected chi connectivity index (χ0v) is 18.2. The summed E-state index contributed by atoms with van der Waals surface area (Å²) in [7, 11) is 6.30. The minimum atomic E-state index is -0.930. The topological polar surface area (TPSA) is 82.9 Å². The fourth-order valence-electron chi connectivity index (χ4n) is 3.07. The molecule has 1 atom stereocenters. The van der Waals surface area contributed by atoms with Crippen molar-refractivity contribution in [2.45, 2.75) is 13.0 Å². The fraction of sp³-hybridized carbons (Fsp3) is 0.261. The molecule has 0 aliphatic carbocycles. The molecule has 0 aliphatic heterocycles. The van der Waals surface area contributed by atoms with E-state index in [0.717, 1.165) is 5.69 Å². The summed E-state index contributed by atoms with van der Waals surface area (Å²) in [6.07, 6.45) is 0.664. The molecule has 0 N–H and O–H groups in total. The van der Waals surface area contributed by atoms with Crippen molar-refractivity contribution in [3.05, 3.63) is 60.3 Å². The number of likely N-dealkylation sites (N-methyl/N-ethyl adjacent to an activating group) is 1. The quantitative estimate of drug-likeness (QED) is 0.543. The first-order valence-corrected chi connectivity index (χ1v) is 9.65. The van der Waals surface area contributed by atoms with Crippen LogP contribution < -0.4 is 9.47 Å². The van der Waals surface area contributed by atoms with Crippen molar-refractivity contribution in [3.8, 4) is 28.4 Å². The van der Waals surface area contributed by atoms with Crippen molar-refractivity contribution >= 4 is 11.9 Å². The summed E-state index contributed by atoms with van der Waals surface area (Å²) in [4.78, 5) is 26.5. The Labute approximate surface area is 180 Å². The number of carbonyl (C=O) groups excluding carboxylic acids is 2. The number of hydrogen-bond donors (Lipinski definition) is 0.